The lowest BCUT2D eigenvalue weighted by Crippen LogP contribution is -2.21. The molecule has 1 unspecified atom stereocenters. The van der Waals surface area contributed by atoms with E-state index in [1.165, 1.54) is 0 Å². The number of hydrogen-bond acceptors (Lipinski definition) is 3. The van der Waals surface area contributed by atoms with Crippen LogP contribution in [0, 0.1) is 0 Å². The third-order valence-electron chi connectivity index (χ3n) is 2.25. The molecule has 0 saturated carbocycles. The normalized spacial score (nSPS) is 13.1. The number of aliphatic hydroxyl groups excluding tert-OH is 1. The summed E-state index contributed by atoms with van der Waals surface area (Å²) in [5.41, 5.74) is 5.33. The van der Waals surface area contributed by atoms with Crippen LogP contribution in [0.15, 0.2) is 12.4 Å². The molecule has 1 aromatic rings. The van der Waals surface area contributed by atoms with Crippen molar-refractivity contribution in [1.82, 2.24) is 9.55 Å². The van der Waals surface area contributed by atoms with Crippen LogP contribution in [-0.4, -0.2) is 27.3 Å². The van der Waals surface area contributed by atoms with Gasteiger partial charge in [0, 0.05) is 31.9 Å². The summed E-state index contributed by atoms with van der Waals surface area (Å²) in [6.07, 6.45) is 6.15. The molecule has 0 aromatic carbocycles. The second kappa shape index (κ2) is 5.78. The van der Waals surface area contributed by atoms with Gasteiger partial charge in [-0.05, 0) is 12.8 Å². The Kier molecular flexibility index (Phi) is 4.62. The summed E-state index contributed by atoms with van der Waals surface area (Å²) in [6.45, 7) is 3.26. The van der Waals surface area contributed by atoms with Crippen LogP contribution in [0.25, 0.3) is 0 Å². The number of nitrogens with zero attached hydrogens (tertiary/aromatic N) is 2. The van der Waals surface area contributed by atoms with E-state index in [-0.39, 0.29) is 0 Å². The van der Waals surface area contributed by atoms with E-state index in [0.717, 1.165) is 25.2 Å². The van der Waals surface area contributed by atoms with E-state index in [2.05, 4.69) is 16.5 Å². The Bertz CT molecular complexity index is 260. The molecule has 14 heavy (non-hydrogen) atoms. The van der Waals surface area contributed by atoms with E-state index in [4.69, 9.17) is 5.73 Å². The average molecular weight is 197 g/mol. The van der Waals surface area contributed by atoms with Crippen molar-refractivity contribution >= 4 is 0 Å². The molecule has 0 amide bonds. The lowest BCUT2D eigenvalue weighted by atomic mass is 10.2. The van der Waals surface area contributed by atoms with Crippen LogP contribution >= 0.6 is 0 Å². The van der Waals surface area contributed by atoms with Crippen LogP contribution in [0.5, 0.6) is 0 Å². The zero-order chi connectivity index (χ0) is 10.4. The summed E-state index contributed by atoms with van der Waals surface area (Å²) in [7, 11) is 0. The predicted molar refractivity (Wildman–Crippen MR) is 55.9 cm³/mol. The fourth-order valence-electron chi connectivity index (χ4n) is 1.40. The van der Waals surface area contributed by atoms with Gasteiger partial charge in [-0.2, -0.15) is 0 Å². The monoisotopic (exact) mass is 197 g/mol. The van der Waals surface area contributed by atoms with Gasteiger partial charge in [-0.25, -0.2) is 4.98 Å². The Morgan fingerprint density at radius 1 is 1.64 bits per heavy atom. The van der Waals surface area contributed by atoms with E-state index in [1.54, 1.807) is 6.20 Å². The fraction of sp³-hybridized carbons (Fsp3) is 0.700. The highest BCUT2D eigenvalue weighted by molar-refractivity contribution is 4.92. The quantitative estimate of drug-likeness (QED) is 0.700. The maximum absolute atomic E-state index is 9.32. The Labute approximate surface area is 84.8 Å². The summed E-state index contributed by atoms with van der Waals surface area (Å²) in [5.74, 6) is 1.09. The SMILES string of the molecule is CCCc1nccn1CCC(O)CN. The minimum absolute atomic E-state index is 0.331. The first-order chi connectivity index (χ1) is 6.77. The molecule has 0 saturated heterocycles. The fourth-order valence-corrected chi connectivity index (χ4v) is 1.40. The molecule has 0 bridgehead atoms. The second-order valence-electron chi connectivity index (χ2n) is 3.47. The van der Waals surface area contributed by atoms with Crippen LogP contribution < -0.4 is 5.73 Å². The zero-order valence-electron chi connectivity index (χ0n) is 8.69. The number of imidazole rings is 1. The molecule has 1 heterocycles. The highest BCUT2D eigenvalue weighted by Crippen LogP contribution is 2.03. The van der Waals surface area contributed by atoms with Crippen LogP contribution in [0.1, 0.15) is 25.6 Å². The number of aromatic nitrogens is 2. The topological polar surface area (TPSA) is 64.1 Å². The van der Waals surface area contributed by atoms with Crippen molar-refractivity contribution in [2.75, 3.05) is 6.54 Å². The third kappa shape index (κ3) is 3.12. The maximum atomic E-state index is 9.32. The number of hydrogen-bond donors (Lipinski definition) is 2. The molecule has 0 fully saturated rings. The molecule has 80 valence electrons. The molecular formula is C10H19N3O. The average Bonchev–Trinajstić information content (AvgIpc) is 2.62. The van der Waals surface area contributed by atoms with Crippen LogP contribution in [0.3, 0.4) is 0 Å². The molecule has 0 aliphatic carbocycles. The van der Waals surface area contributed by atoms with Crippen molar-refractivity contribution in [3.05, 3.63) is 18.2 Å². The van der Waals surface area contributed by atoms with Gasteiger partial charge in [0.15, 0.2) is 0 Å². The number of rotatable bonds is 6. The molecule has 3 N–H and O–H groups in total. The van der Waals surface area contributed by atoms with Crippen LogP contribution in [0.2, 0.25) is 0 Å². The summed E-state index contributed by atoms with van der Waals surface area (Å²) in [5, 5.41) is 9.32. The van der Waals surface area contributed by atoms with Crippen molar-refractivity contribution in [3.63, 3.8) is 0 Å². The molecule has 4 nitrogen and oxygen atoms in total. The van der Waals surface area contributed by atoms with Crippen LogP contribution in [-0.2, 0) is 13.0 Å². The van der Waals surface area contributed by atoms with Gasteiger partial charge >= 0.3 is 0 Å². The van der Waals surface area contributed by atoms with Gasteiger partial charge < -0.3 is 15.4 Å². The first kappa shape index (κ1) is 11.2. The molecule has 1 atom stereocenters. The minimum atomic E-state index is -0.396. The van der Waals surface area contributed by atoms with E-state index < -0.39 is 6.10 Å². The van der Waals surface area contributed by atoms with E-state index >= 15 is 0 Å². The Hall–Kier alpha value is -0.870. The Balaban J connectivity index is 2.45. The largest absolute Gasteiger partial charge is 0.392 e. The maximum Gasteiger partial charge on any atom is 0.108 e. The molecule has 0 aliphatic rings. The number of aryl methyl sites for hydroxylation is 2. The van der Waals surface area contributed by atoms with Crippen molar-refractivity contribution in [1.29, 1.82) is 0 Å². The van der Waals surface area contributed by atoms with Gasteiger partial charge in [-0.15, -0.1) is 0 Å². The van der Waals surface area contributed by atoms with Gasteiger partial charge in [0.1, 0.15) is 5.82 Å². The van der Waals surface area contributed by atoms with Crippen molar-refractivity contribution in [2.24, 2.45) is 5.73 Å². The molecular weight excluding hydrogens is 178 g/mol. The van der Waals surface area contributed by atoms with Crippen molar-refractivity contribution < 1.29 is 5.11 Å². The summed E-state index contributed by atoms with van der Waals surface area (Å²) in [4.78, 5) is 4.26. The zero-order valence-corrected chi connectivity index (χ0v) is 8.69. The second-order valence-corrected chi connectivity index (χ2v) is 3.47. The lowest BCUT2D eigenvalue weighted by Gasteiger charge is -2.10. The van der Waals surface area contributed by atoms with Crippen LogP contribution in [0.4, 0.5) is 0 Å². The first-order valence-electron chi connectivity index (χ1n) is 5.16. The highest BCUT2D eigenvalue weighted by Gasteiger charge is 2.04. The Morgan fingerprint density at radius 3 is 3.07 bits per heavy atom. The van der Waals surface area contributed by atoms with Gasteiger partial charge in [-0.1, -0.05) is 6.92 Å². The first-order valence-corrected chi connectivity index (χ1v) is 5.16. The minimum Gasteiger partial charge on any atom is -0.392 e. The molecule has 0 radical (unpaired) electrons. The predicted octanol–water partition coefficient (Wildman–Crippen LogP) is 0.545. The van der Waals surface area contributed by atoms with E-state index in [1.807, 2.05) is 6.20 Å². The number of aliphatic hydroxyl groups is 1. The Morgan fingerprint density at radius 2 is 2.43 bits per heavy atom. The summed E-state index contributed by atoms with van der Waals surface area (Å²) >= 11 is 0. The molecule has 0 spiro atoms. The molecule has 1 rings (SSSR count). The highest BCUT2D eigenvalue weighted by atomic mass is 16.3. The smallest absolute Gasteiger partial charge is 0.108 e. The van der Waals surface area contributed by atoms with Crippen molar-refractivity contribution in [3.8, 4) is 0 Å². The molecule has 4 heteroatoms. The summed E-state index contributed by atoms with van der Waals surface area (Å²) < 4.78 is 2.09. The van der Waals surface area contributed by atoms with Gasteiger partial charge in [0.2, 0.25) is 0 Å². The van der Waals surface area contributed by atoms with E-state index in [0.29, 0.717) is 13.0 Å². The van der Waals surface area contributed by atoms with Gasteiger partial charge in [0.25, 0.3) is 0 Å². The molecule has 1 aromatic heterocycles. The van der Waals surface area contributed by atoms with Crippen molar-refractivity contribution in [2.45, 2.75) is 38.8 Å². The molecule has 0 aliphatic heterocycles. The lowest BCUT2D eigenvalue weighted by molar-refractivity contribution is 0.166. The summed E-state index contributed by atoms with van der Waals surface area (Å²) in [6, 6.07) is 0. The van der Waals surface area contributed by atoms with Gasteiger partial charge in [0.05, 0.1) is 6.10 Å². The van der Waals surface area contributed by atoms with Gasteiger partial charge in [-0.3, -0.25) is 0 Å². The number of nitrogens with two attached hydrogens (primary N) is 1. The third-order valence-corrected chi connectivity index (χ3v) is 2.25. The van der Waals surface area contributed by atoms with E-state index in [9.17, 15) is 5.11 Å². The standard InChI is InChI=1S/C10H19N3O/c1-2-3-10-12-5-7-13(10)6-4-9(14)8-11/h5,7,9,14H,2-4,6,8,11H2,1H3.